The Bertz CT molecular complexity index is 963. The third kappa shape index (κ3) is 4.45. The topological polar surface area (TPSA) is 59.1 Å². The number of hydrogen-bond acceptors (Lipinski definition) is 3. The molecule has 2 aromatic carbocycles. The first-order chi connectivity index (χ1) is 11.9. The largest absolute Gasteiger partial charge is 0.283 e. The van der Waals surface area contributed by atoms with Gasteiger partial charge in [-0.05, 0) is 48.7 Å². The van der Waals surface area contributed by atoms with E-state index in [1.165, 1.54) is 0 Å². The first-order valence-corrected chi connectivity index (χ1v) is 9.65. The molecule has 0 fully saturated rings. The van der Waals surface area contributed by atoms with Crippen LogP contribution in [0.3, 0.4) is 0 Å². The van der Waals surface area contributed by atoms with Crippen molar-refractivity contribution in [2.24, 2.45) is 0 Å². The minimum atomic E-state index is -3.45. The van der Waals surface area contributed by atoms with Crippen LogP contribution in [0.2, 0.25) is 0 Å². The van der Waals surface area contributed by atoms with Gasteiger partial charge in [-0.2, -0.15) is 0 Å². The molecule has 1 N–H and O–H groups in total. The number of rotatable bonds is 5. The fourth-order valence-electron chi connectivity index (χ4n) is 2.60. The molecule has 3 rings (SSSR count). The van der Waals surface area contributed by atoms with Gasteiger partial charge in [0.1, 0.15) is 0 Å². The first-order valence-electron chi connectivity index (χ1n) is 8.00. The molecule has 0 amide bonds. The maximum Gasteiger partial charge on any atom is 0.236 e. The van der Waals surface area contributed by atoms with Crippen molar-refractivity contribution >= 4 is 15.7 Å². The van der Waals surface area contributed by atoms with E-state index < -0.39 is 10.0 Å². The average Bonchev–Trinajstić information content (AvgIpc) is 2.58. The molecule has 0 bridgehead atoms. The number of aryl methyl sites for hydroxylation is 2. The van der Waals surface area contributed by atoms with E-state index in [0.717, 1.165) is 27.8 Å². The molecule has 128 valence electrons. The summed E-state index contributed by atoms with van der Waals surface area (Å²) in [6, 6.07) is 16.8. The summed E-state index contributed by atoms with van der Waals surface area (Å²) >= 11 is 0. The molecule has 0 radical (unpaired) electrons. The molecule has 4 nitrogen and oxygen atoms in total. The molecule has 1 aromatic heterocycles. The highest BCUT2D eigenvalue weighted by Crippen LogP contribution is 2.24. The molecule has 0 saturated heterocycles. The van der Waals surface area contributed by atoms with Gasteiger partial charge >= 0.3 is 0 Å². The number of anilines is 1. The number of nitrogens with zero attached hydrogens (tertiary/aromatic N) is 1. The van der Waals surface area contributed by atoms with E-state index in [0.29, 0.717) is 5.69 Å². The van der Waals surface area contributed by atoms with E-state index >= 15 is 0 Å². The highest BCUT2D eigenvalue weighted by Gasteiger charge is 2.12. The molecule has 0 unspecified atom stereocenters. The third-order valence-corrected chi connectivity index (χ3v) is 5.25. The van der Waals surface area contributed by atoms with Crippen LogP contribution in [0.25, 0.3) is 11.1 Å². The number of hydrogen-bond donors (Lipinski definition) is 1. The van der Waals surface area contributed by atoms with Crippen LogP contribution < -0.4 is 4.72 Å². The van der Waals surface area contributed by atoms with Gasteiger partial charge in [-0.15, -0.1) is 0 Å². The summed E-state index contributed by atoms with van der Waals surface area (Å²) in [5, 5.41) is 0. The Morgan fingerprint density at radius 3 is 2.24 bits per heavy atom. The molecular formula is C20H20N2O2S. The van der Waals surface area contributed by atoms with Crippen molar-refractivity contribution < 1.29 is 8.42 Å². The Hall–Kier alpha value is -2.66. The van der Waals surface area contributed by atoms with Crippen LogP contribution in [0.1, 0.15) is 16.7 Å². The third-order valence-electron chi connectivity index (χ3n) is 3.99. The summed E-state index contributed by atoms with van der Waals surface area (Å²) in [7, 11) is -3.45. The Kier molecular flexibility index (Phi) is 4.86. The summed E-state index contributed by atoms with van der Waals surface area (Å²) in [4.78, 5) is 4.15. The second-order valence-corrected chi connectivity index (χ2v) is 7.84. The predicted octanol–water partition coefficient (Wildman–Crippen LogP) is 4.31. The lowest BCUT2D eigenvalue weighted by Crippen LogP contribution is -2.15. The van der Waals surface area contributed by atoms with Crippen LogP contribution in [0.5, 0.6) is 0 Å². The van der Waals surface area contributed by atoms with E-state index in [1.807, 2.05) is 62.5 Å². The lowest BCUT2D eigenvalue weighted by Gasteiger charge is -2.10. The number of pyridine rings is 1. The van der Waals surface area contributed by atoms with Gasteiger partial charge in [0.2, 0.25) is 10.0 Å². The summed E-state index contributed by atoms with van der Waals surface area (Å²) in [5.74, 6) is -0.0449. The van der Waals surface area contributed by atoms with E-state index in [1.54, 1.807) is 18.3 Å². The molecule has 0 aliphatic rings. The van der Waals surface area contributed by atoms with Gasteiger partial charge in [-0.1, -0.05) is 42.0 Å². The number of nitrogens with one attached hydrogen (secondary N) is 1. The van der Waals surface area contributed by atoms with Crippen LogP contribution in [0.15, 0.2) is 67.0 Å². The van der Waals surface area contributed by atoms with E-state index in [2.05, 4.69) is 9.71 Å². The van der Waals surface area contributed by atoms with Gasteiger partial charge in [0, 0.05) is 23.6 Å². The predicted molar refractivity (Wildman–Crippen MR) is 102 cm³/mol. The van der Waals surface area contributed by atoms with Crippen LogP contribution in [0, 0.1) is 13.8 Å². The van der Waals surface area contributed by atoms with Gasteiger partial charge in [0.25, 0.3) is 0 Å². The smallest absolute Gasteiger partial charge is 0.236 e. The van der Waals surface area contributed by atoms with Gasteiger partial charge in [-0.3, -0.25) is 9.71 Å². The Morgan fingerprint density at radius 1 is 0.920 bits per heavy atom. The zero-order chi connectivity index (χ0) is 17.9. The Morgan fingerprint density at radius 2 is 1.60 bits per heavy atom. The minimum absolute atomic E-state index is 0.0449. The fraction of sp³-hybridized carbons (Fsp3) is 0.150. The highest BCUT2D eigenvalue weighted by atomic mass is 32.2. The van der Waals surface area contributed by atoms with Gasteiger partial charge in [0.05, 0.1) is 5.75 Å². The highest BCUT2D eigenvalue weighted by molar-refractivity contribution is 7.91. The van der Waals surface area contributed by atoms with Crippen molar-refractivity contribution in [3.8, 4) is 11.1 Å². The molecule has 25 heavy (non-hydrogen) atoms. The average molecular weight is 352 g/mol. The van der Waals surface area contributed by atoms with Crippen molar-refractivity contribution in [3.05, 3.63) is 83.7 Å². The van der Waals surface area contributed by atoms with Crippen LogP contribution in [0.4, 0.5) is 5.69 Å². The molecule has 1 heterocycles. The van der Waals surface area contributed by atoms with E-state index in [4.69, 9.17) is 0 Å². The molecule has 0 atom stereocenters. The molecule has 0 spiro atoms. The zero-order valence-corrected chi connectivity index (χ0v) is 15.0. The SMILES string of the molecule is Cc1ccc(CS(=O)(=O)Nc2ccc(-c3cnccc3C)cc2)cc1. The van der Waals surface area contributed by atoms with Crippen LogP contribution >= 0.6 is 0 Å². The van der Waals surface area contributed by atoms with Crippen molar-refractivity contribution in [1.82, 2.24) is 4.98 Å². The normalized spacial score (nSPS) is 11.3. The first kappa shape index (κ1) is 17.2. The second-order valence-electron chi connectivity index (χ2n) is 6.11. The molecule has 0 aliphatic heterocycles. The summed E-state index contributed by atoms with van der Waals surface area (Å²) < 4.78 is 27.3. The van der Waals surface area contributed by atoms with E-state index in [-0.39, 0.29) is 5.75 Å². The molecule has 3 aromatic rings. The van der Waals surface area contributed by atoms with E-state index in [9.17, 15) is 8.42 Å². The standard InChI is InChI=1S/C20H20N2O2S/c1-15-3-5-17(6-4-15)14-25(23,24)22-19-9-7-18(8-10-19)20-13-21-12-11-16(20)2/h3-13,22H,14H2,1-2H3. The monoisotopic (exact) mass is 352 g/mol. The van der Waals surface area contributed by atoms with Crippen molar-refractivity contribution in [1.29, 1.82) is 0 Å². The lowest BCUT2D eigenvalue weighted by atomic mass is 10.0. The number of benzene rings is 2. The minimum Gasteiger partial charge on any atom is -0.283 e. The summed E-state index contributed by atoms with van der Waals surface area (Å²) in [5.41, 5.74) is 5.60. The molecule has 5 heteroatoms. The van der Waals surface area contributed by atoms with Crippen molar-refractivity contribution in [2.75, 3.05) is 4.72 Å². The number of sulfonamides is 1. The van der Waals surface area contributed by atoms with Crippen molar-refractivity contribution in [2.45, 2.75) is 19.6 Å². The van der Waals surface area contributed by atoms with Gasteiger partial charge in [0.15, 0.2) is 0 Å². The Balaban J connectivity index is 1.74. The molecule has 0 saturated carbocycles. The second kappa shape index (κ2) is 7.07. The van der Waals surface area contributed by atoms with Crippen LogP contribution in [-0.2, 0) is 15.8 Å². The summed E-state index contributed by atoms with van der Waals surface area (Å²) in [6.07, 6.45) is 3.57. The molecular weight excluding hydrogens is 332 g/mol. The maximum atomic E-state index is 12.3. The summed E-state index contributed by atoms with van der Waals surface area (Å²) in [6.45, 7) is 4.00. The number of aromatic nitrogens is 1. The van der Waals surface area contributed by atoms with Gasteiger partial charge < -0.3 is 0 Å². The zero-order valence-electron chi connectivity index (χ0n) is 14.2. The Labute approximate surface area is 148 Å². The lowest BCUT2D eigenvalue weighted by molar-refractivity contribution is 0.600. The van der Waals surface area contributed by atoms with Gasteiger partial charge in [-0.25, -0.2) is 8.42 Å². The molecule has 0 aliphatic carbocycles. The maximum absolute atomic E-state index is 12.3. The van der Waals surface area contributed by atoms with Crippen molar-refractivity contribution in [3.63, 3.8) is 0 Å². The fourth-order valence-corrected chi connectivity index (χ4v) is 3.80. The quantitative estimate of drug-likeness (QED) is 0.744. The van der Waals surface area contributed by atoms with Crippen LogP contribution in [-0.4, -0.2) is 13.4 Å².